The molecule has 0 spiro atoms. The molecule has 0 bridgehead atoms. The van der Waals surface area contributed by atoms with Crippen LogP contribution in [0.3, 0.4) is 0 Å². The van der Waals surface area contributed by atoms with Crippen molar-refractivity contribution >= 4 is 40.5 Å². The van der Waals surface area contributed by atoms with Crippen LogP contribution in [0.15, 0.2) is 60.7 Å². The first-order valence-electron chi connectivity index (χ1n) is 17.2. The summed E-state index contributed by atoms with van der Waals surface area (Å²) in [6.45, 7) is 5.71. The van der Waals surface area contributed by atoms with Crippen molar-refractivity contribution in [2.24, 2.45) is 0 Å². The molecule has 5 rings (SSSR count). The van der Waals surface area contributed by atoms with E-state index >= 15 is 0 Å². The number of hydrogen-bond donors (Lipinski definition) is 2. The molecule has 2 aliphatic rings. The average molecular weight is 704 g/mol. The highest BCUT2D eigenvalue weighted by molar-refractivity contribution is 5.99. The standard InChI is InChI=1S/C38H46FN5O7/c1-38(2,3)51-37(49)41-28-20-29-23-50-32-14-12-27(39)19-30(32)36(48)43(5)31(13-15-33(45)42(4)17-16-34(46)44(29)22-28)35(47)40-21-24-10-11-25-8-6-7-9-26(25)18-24/h6-12,14,18-19,28-29,31H,13,15-17,20-23H2,1-5H3,(H,40,47)(H,41,49)/t28-,29+,31+/m1/s1. The van der Waals surface area contributed by atoms with Gasteiger partial charge in [0.05, 0.1) is 17.6 Å². The van der Waals surface area contributed by atoms with Gasteiger partial charge in [-0.25, -0.2) is 9.18 Å². The molecule has 5 amide bonds. The predicted octanol–water partition coefficient (Wildman–Crippen LogP) is 4.25. The van der Waals surface area contributed by atoms with Gasteiger partial charge in [0.25, 0.3) is 5.91 Å². The predicted molar refractivity (Wildman–Crippen MR) is 188 cm³/mol. The van der Waals surface area contributed by atoms with Crippen LogP contribution in [0.25, 0.3) is 10.8 Å². The van der Waals surface area contributed by atoms with E-state index in [-0.39, 0.29) is 68.6 Å². The molecule has 1 fully saturated rings. The number of alkyl carbamates (subject to hydrolysis) is 1. The Kier molecular flexibility index (Phi) is 11.5. The number of rotatable bonds is 4. The Hall–Kier alpha value is -5.20. The number of nitrogens with one attached hydrogen (secondary N) is 2. The van der Waals surface area contributed by atoms with Crippen molar-refractivity contribution in [1.82, 2.24) is 25.3 Å². The van der Waals surface area contributed by atoms with E-state index in [9.17, 15) is 28.4 Å². The molecule has 1 saturated heterocycles. The smallest absolute Gasteiger partial charge is 0.407 e. The molecule has 0 unspecified atom stereocenters. The number of ether oxygens (including phenoxy) is 2. The molecule has 272 valence electrons. The first kappa shape index (κ1) is 37.1. The fraction of sp³-hybridized carbons (Fsp3) is 0.447. The van der Waals surface area contributed by atoms with Gasteiger partial charge in [0.15, 0.2) is 0 Å². The number of carbonyl (C=O) groups is 5. The van der Waals surface area contributed by atoms with E-state index in [4.69, 9.17) is 9.47 Å². The lowest BCUT2D eigenvalue weighted by Gasteiger charge is -2.30. The highest BCUT2D eigenvalue weighted by Gasteiger charge is 2.38. The lowest BCUT2D eigenvalue weighted by atomic mass is 10.0. The van der Waals surface area contributed by atoms with E-state index in [1.807, 2.05) is 42.5 Å². The van der Waals surface area contributed by atoms with Crippen LogP contribution >= 0.6 is 0 Å². The molecule has 2 aliphatic heterocycles. The summed E-state index contributed by atoms with van der Waals surface area (Å²) in [7, 11) is 3.03. The highest BCUT2D eigenvalue weighted by Crippen LogP contribution is 2.27. The maximum absolute atomic E-state index is 14.6. The number of nitrogens with zero attached hydrogens (tertiary/aromatic N) is 3. The Morgan fingerprint density at radius 2 is 1.71 bits per heavy atom. The van der Waals surface area contributed by atoms with Crippen molar-refractivity contribution in [3.05, 3.63) is 77.6 Å². The molecule has 13 heteroatoms. The zero-order valence-corrected chi connectivity index (χ0v) is 29.7. The third-order valence-corrected chi connectivity index (χ3v) is 9.15. The molecular formula is C38H46FN5O7. The molecule has 0 radical (unpaired) electrons. The first-order valence-corrected chi connectivity index (χ1v) is 17.2. The lowest BCUT2D eigenvalue weighted by molar-refractivity contribution is -0.134. The van der Waals surface area contributed by atoms with E-state index in [0.29, 0.717) is 6.42 Å². The molecule has 2 N–H and O–H groups in total. The molecular weight excluding hydrogens is 657 g/mol. The van der Waals surface area contributed by atoms with Crippen molar-refractivity contribution < 1.29 is 37.8 Å². The van der Waals surface area contributed by atoms with Crippen LogP contribution in [0.1, 0.15) is 62.4 Å². The summed E-state index contributed by atoms with van der Waals surface area (Å²) < 4.78 is 26.2. The molecule has 3 aromatic carbocycles. The van der Waals surface area contributed by atoms with Gasteiger partial charge in [-0.2, -0.15) is 0 Å². The Labute approximate surface area is 297 Å². The second kappa shape index (κ2) is 15.8. The second-order valence-corrected chi connectivity index (χ2v) is 14.2. The molecule has 0 aliphatic carbocycles. The number of benzene rings is 3. The number of hydrogen-bond acceptors (Lipinski definition) is 7. The van der Waals surface area contributed by atoms with Crippen LogP contribution in [0.2, 0.25) is 0 Å². The van der Waals surface area contributed by atoms with Crippen LogP contribution in [-0.4, -0.2) is 102 Å². The SMILES string of the molecule is CN1CCC(=O)N2C[C@H](NC(=O)OC(C)(C)C)C[C@H]2COc2ccc(F)cc2C(=O)N(C)[C@H](C(=O)NCc2ccc3ccccc3c2)CCC1=O. The fourth-order valence-electron chi connectivity index (χ4n) is 6.41. The van der Waals surface area contributed by atoms with Crippen LogP contribution < -0.4 is 15.4 Å². The summed E-state index contributed by atoms with van der Waals surface area (Å²) in [4.78, 5) is 71.3. The van der Waals surface area contributed by atoms with Crippen molar-refractivity contribution in [2.45, 2.75) is 76.7 Å². The molecule has 12 nitrogen and oxygen atoms in total. The Morgan fingerprint density at radius 3 is 2.45 bits per heavy atom. The summed E-state index contributed by atoms with van der Waals surface area (Å²) in [6, 6.07) is 15.2. The summed E-state index contributed by atoms with van der Waals surface area (Å²) in [5, 5.41) is 7.81. The maximum atomic E-state index is 14.6. The molecule has 3 atom stereocenters. The number of halogens is 1. The third-order valence-electron chi connectivity index (χ3n) is 9.15. The molecule has 0 saturated carbocycles. The number of fused-ring (bicyclic) bond motifs is 3. The van der Waals surface area contributed by atoms with Gasteiger partial charge >= 0.3 is 6.09 Å². The van der Waals surface area contributed by atoms with Crippen LogP contribution in [0.5, 0.6) is 5.75 Å². The van der Waals surface area contributed by atoms with Crippen LogP contribution in [0, 0.1) is 5.82 Å². The molecule has 3 aromatic rings. The van der Waals surface area contributed by atoms with Crippen molar-refractivity contribution in [2.75, 3.05) is 33.8 Å². The van der Waals surface area contributed by atoms with Gasteiger partial charge in [0.1, 0.15) is 29.8 Å². The van der Waals surface area contributed by atoms with Gasteiger partial charge in [0, 0.05) is 46.6 Å². The average Bonchev–Trinajstić information content (AvgIpc) is 3.49. The number of likely N-dealkylation sites (N-methyl/N-ethyl adjacent to an activating group) is 1. The largest absolute Gasteiger partial charge is 0.491 e. The normalized spacial score (nSPS) is 20.8. The topological polar surface area (TPSA) is 138 Å². The van der Waals surface area contributed by atoms with Crippen LogP contribution in [0.4, 0.5) is 9.18 Å². The molecule has 51 heavy (non-hydrogen) atoms. The summed E-state index contributed by atoms with van der Waals surface area (Å²) >= 11 is 0. The Morgan fingerprint density at radius 1 is 0.961 bits per heavy atom. The lowest BCUT2D eigenvalue weighted by Crippen LogP contribution is -2.48. The van der Waals surface area contributed by atoms with Gasteiger partial charge in [-0.1, -0.05) is 36.4 Å². The highest BCUT2D eigenvalue weighted by atomic mass is 19.1. The van der Waals surface area contributed by atoms with Gasteiger partial charge < -0.3 is 34.8 Å². The van der Waals surface area contributed by atoms with Crippen molar-refractivity contribution in [1.29, 1.82) is 0 Å². The second-order valence-electron chi connectivity index (χ2n) is 14.2. The summed E-state index contributed by atoms with van der Waals surface area (Å²) in [6.07, 6.45) is -0.356. The first-order chi connectivity index (χ1) is 24.2. The monoisotopic (exact) mass is 703 g/mol. The third kappa shape index (κ3) is 9.53. The van der Waals surface area contributed by atoms with E-state index in [2.05, 4.69) is 10.6 Å². The van der Waals surface area contributed by atoms with Gasteiger partial charge in [-0.3, -0.25) is 19.2 Å². The number of carbonyl (C=O) groups excluding carboxylic acids is 5. The number of amides is 5. The van der Waals surface area contributed by atoms with E-state index in [0.717, 1.165) is 28.5 Å². The quantitative estimate of drug-likeness (QED) is 0.415. The maximum Gasteiger partial charge on any atom is 0.407 e. The Bertz CT molecular complexity index is 1790. The molecule has 0 aromatic heterocycles. The molecule has 2 heterocycles. The van der Waals surface area contributed by atoms with Gasteiger partial charge in [-0.15, -0.1) is 0 Å². The van der Waals surface area contributed by atoms with E-state index in [1.54, 1.807) is 32.7 Å². The Balaban J connectivity index is 1.38. The zero-order chi connectivity index (χ0) is 36.9. The van der Waals surface area contributed by atoms with Gasteiger partial charge in [-0.05, 0) is 74.2 Å². The summed E-state index contributed by atoms with van der Waals surface area (Å²) in [5.74, 6) is -2.31. The van der Waals surface area contributed by atoms with E-state index < -0.39 is 47.5 Å². The minimum atomic E-state index is -1.08. The van der Waals surface area contributed by atoms with Crippen LogP contribution in [-0.2, 0) is 25.7 Å². The summed E-state index contributed by atoms with van der Waals surface area (Å²) in [5.41, 5.74) is 0.0339. The van der Waals surface area contributed by atoms with Gasteiger partial charge in [0.2, 0.25) is 17.7 Å². The van der Waals surface area contributed by atoms with E-state index in [1.165, 1.54) is 22.9 Å². The zero-order valence-electron chi connectivity index (χ0n) is 29.7. The minimum absolute atomic E-state index is 0.0133. The fourth-order valence-corrected chi connectivity index (χ4v) is 6.41. The van der Waals surface area contributed by atoms with Crippen molar-refractivity contribution in [3.63, 3.8) is 0 Å². The minimum Gasteiger partial charge on any atom is -0.491 e. The van der Waals surface area contributed by atoms with Crippen molar-refractivity contribution in [3.8, 4) is 5.75 Å².